The molecule has 5 nitrogen and oxygen atoms in total. The molecule has 0 spiro atoms. The topological polar surface area (TPSA) is 64.1 Å². The number of hydrogen-bond donors (Lipinski definition) is 1. The van der Waals surface area contributed by atoms with E-state index < -0.39 is 0 Å². The highest BCUT2D eigenvalue weighted by molar-refractivity contribution is 7.15. The SMILES string of the molecule is CC(C)c1ccc(C(=O)Nc2nnc(COc3ccc(F)cc3)s2)cc1. The second-order valence-electron chi connectivity index (χ2n) is 5.97. The van der Waals surface area contributed by atoms with Crippen molar-refractivity contribution in [1.29, 1.82) is 0 Å². The van der Waals surface area contributed by atoms with Gasteiger partial charge in [0.2, 0.25) is 5.13 Å². The molecule has 0 bridgehead atoms. The summed E-state index contributed by atoms with van der Waals surface area (Å²) in [6, 6.07) is 13.2. The number of nitrogens with one attached hydrogen (secondary N) is 1. The lowest BCUT2D eigenvalue weighted by molar-refractivity contribution is 0.102. The molecular weight excluding hydrogens is 353 g/mol. The molecule has 0 fully saturated rings. The van der Waals surface area contributed by atoms with Crippen LogP contribution in [0.4, 0.5) is 9.52 Å². The van der Waals surface area contributed by atoms with Crippen LogP contribution in [0.1, 0.15) is 40.7 Å². The van der Waals surface area contributed by atoms with Crippen LogP contribution in [0.5, 0.6) is 5.75 Å². The summed E-state index contributed by atoms with van der Waals surface area (Å²) in [5, 5.41) is 11.7. The molecule has 0 aliphatic heterocycles. The molecular formula is C19H18FN3O2S. The summed E-state index contributed by atoms with van der Waals surface area (Å²) in [5.41, 5.74) is 1.74. The van der Waals surface area contributed by atoms with Crippen LogP contribution in [0.2, 0.25) is 0 Å². The Labute approximate surface area is 154 Å². The Morgan fingerprint density at radius 3 is 2.46 bits per heavy atom. The van der Waals surface area contributed by atoms with Crippen molar-refractivity contribution in [2.24, 2.45) is 0 Å². The molecule has 2 aromatic carbocycles. The molecule has 1 heterocycles. The van der Waals surface area contributed by atoms with E-state index in [0.29, 0.717) is 27.4 Å². The van der Waals surface area contributed by atoms with Gasteiger partial charge >= 0.3 is 0 Å². The summed E-state index contributed by atoms with van der Waals surface area (Å²) >= 11 is 1.23. The maximum absolute atomic E-state index is 12.9. The molecule has 7 heteroatoms. The van der Waals surface area contributed by atoms with E-state index in [1.165, 1.54) is 29.0 Å². The lowest BCUT2D eigenvalue weighted by Gasteiger charge is -2.06. The van der Waals surface area contributed by atoms with E-state index in [1.807, 2.05) is 12.1 Å². The standard InChI is InChI=1S/C19H18FN3O2S/c1-12(2)13-3-5-14(6-4-13)18(24)21-19-23-22-17(26-19)11-25-16-9-7-15(20)8-10-16/h3-10,12H,11H2,1-2H3,(H,21,23,24). The maximum Gasteiger partial charge on any atom is 0.257 e. The highest BCUT2D eigenvalue weighted by atomic mass is 32.1. The van der Waals surface area contributed by atoms with Gasteiger partial charge in [-0.25, -0.2) is 4.39 Å². The normalized spacial score (nSPS) is 10.8. The van der Waals surface area contributed by atoms with Gasteiger partial charge in [0.25, 0.3) is 5.91 Å². The first-order valence-electron chi connectivity index (χ1n) is 8.13. The van der Waals surface area contributed by atoms with E-state index in [0.717, 1.165) is 0 Å². The molecule has 0 aliphatic carbocycles. The molecule has 0 atom stereocenters. The van der Waals surface area contributed by atoms with Crippen LogP contribution in [-0.2, 0) is 6.61 Å². The second kappa shape index (κ2) is 8.05. The fraction of sp³-hybridized carbons (Fsp3) is 0.211. The summed E-state index contributed by atoms with van der Waals surface area (Å²) in [6.07, 6.45) is 0. The van der Waals surface area contributed by atoms with Gasteiger partial charge in [-0.2, -0.15) is 0 Å². The smallest absolute Gasteiger partial charge is 0.257 e. The lowest BCUT2D eigenvalue weighted by Crippen LogP contribution is -2.11. The van der Waals surface area contributed by atoms with Gasteiger partial charge < -0.3 is 4.74 Å². The molecule has 0 saturated heterocycles. The molecule has 134 valence electrons. The number of carbonyl (C=O) groups is 1. The number of hydrogen-bond acceptors (Lipinski definition) is 5. The zero-order valence-corrected chi connectivity index (χ0v) is 15.2. The highest BCUT2D eigenvalue weighted by Gasteiger charge is 2.11. The Hall–Kier alpha value is -2.80. The fourth-order valence-electron chi connectivity index (χ4n) is 2.23. The summed E-state index contributed by atoms with van der Waals surface area (Å²) < 4.78 is 18.4. The summed E-state index contributed by atoms with van der Waals surface area (Å²) in [7, 11) is 0. The van der Waals surface area contributed by atoms with Gasteiger partial charge in [0.15, 0.2) is 5.01 Å². The number of ether oxygens (including phenoxy) is 1. The van der Waals surface area contributed by atoms with E-state index in [1.54, 1.807) is 24.3 Å². The van der Waals surface area contributed by atoms with Gasteiger partial charge in [-0.1, -0.05) is 37.3 Å². The molecule has 0 saturated carbocycles. The van der Waals surface area contributed by atoms with Crippen molar-refractivity contribution in [3.63, 3.8) is 0 Å². The second-order valence-corrected chi connectivity index (χ2v) is 7.04. The van der Waals surface area contributed by atoms with Crippen LogP contribution < -0.4 is 10.1 Å². The Kier molecular flexibility index (Phi) is 5.58. The van der Waals surface area contributed by atoms with E-state index >= 15 is 0 Å². The number of rotatable bonds is 6. The molecule has 1 aromatic heterocycles. The van der Waals surface area contributed by atoms with Crippen LogP contribution in [0, 0.1) is 5.82 Å². The predicted octanol–water partition coefficient (Wildman–Crippen LogP) is 4.63. The Morgan fingerprint density at radius 2 is 1.81 bits per heavy atom. The molecule has 26 heavy (non-hydrogen) atoms. The van der Waals surface area contributed by atoms with Crippen LogP contribution in [0.25, 0.3) is 0 Å². The van der Waals surface area contributed by atoms with Crippen molar-refractivity contribution >= 4 is 22.4 Å². The van der Waals surface area contributed by atoms with Gasteiger partial charge in [0.1, 0.15) is 18.2 Å². The van der Waals surface area contributed by atoms with Crippen LogP contribution >= 0.6 is 11.3 Å². The van der Waals surface area contributed by atoms with Gasteiger partial charge in [-0.15, -0.1) is 10.2 Å². The maximum atomic E-state index is 12.9. The number of anilines is 1. The Balaban J connectivity index is 1.57. The number of carbonyl (C=O) groups excluding carboxylic acids is 1. The van der Waals surface area contributed by atoms with Gasteiger partial charge in [0.05, 0.1) is 0 Å². The number of nitrogens with zero attached hydrogens (tertiary/aromatic N) is 2. The molecule has 3 aromatic rings. The molecule has 0 unspecified atom stereocenters. The quantitative estimate of drug-likeness (QED) is 0.686. The van der Waals surface area contributed by atoms with E-state index in [-0.39, 0.29) is 18.3 Å². The first-order chi connectivity index (χ1) is 12.5. The van der Waals surface area contributed by atoms with Crippen LogP contribution in [-0.4, -0.2) is 16.1 Å². The Morgan fingerprint density at radius 1 is 1.12 bits per heavy atom. The number of halogens is 1. The van der Waals surface area contributed by atoms with Gasteiger partial charge in [-0.05, 0) is 47.9 Å². The minimum absolute atomic E-state index is 0.197. The molecule has 1 amide bonds. The largest absolute Gasteiger partial charge is 0.486 e. The van der Waals surface area contributed by atoms with Crippen LogP contribution in [0.15, 0.2) is 48.5 Å². The molecule has 0 aliphatic rings. The average molecular weight is 371 g/mol. The minimum atomic E-state index is -0.320. The van der Waals surface area contributed by atoms with Crippen molar-refractivity contribution in [3.8, 4) is 5.75 Å². The highest BCUT2D eigenvalue weighted by Crippen LogP contribution is 2.20. The summed E-state index contributed by atoms with van der Waals surface area (Å²) in [6.45, 7) is 4.40. The average Bonchev–Trinajstić information content (AvgIpc) is 3.08. The first kappa shape index (κ1) is 18.0. The predicted molar refractivity (Wildman–Crippen MR) is 99.1 cm³/mol. The van der Waals surface area contributed by atoms with Crippen molar-refractivity contribution in [2.45, 2.75) is 26.4 Å². The van der Waals surface area contributed by atoms with Crippen molar-refractivity contribution < 1.29 is 13.9 Å². The molecule has 1 N–H and O–H groups in total. The van der Waals surface area contributed by atoms with Crippen molar-refractivity contribution in [1.82, 2.24) is 10.2 Å². The summed E-state index contributed by atoms with van der Waals surface area (Å²) in [5.74, 6) is 0.401. The number of aromatic nitrogens is 2. The summed E-state index contributed by atoms with van der Waals surface area (Å²) in [4.78, 5) is 12.3. The van der Waals surface area contributed by atoms with E-state index in [4.69, 9.17) is 4.74 Å². The lowest BCUT2D eigenvalue weighted by atomic mass is 10.0. The number of benzene rings is 2. The third-order valence-corrected chi connectivity index (χ3v) is 4.51. The van der Waals surface area contributed by atoms with E-state index in [9.17, 15) is 9.18 Å². The van der Waals surface area contributed by atoms with Crippen molar-refractivity contribution in [3.05, 3.63) is 70.5 Å². The molecule has 0 radical (unpaired) electrons. The first-order valence-corrected chi connectivity index (χ1v) is 8.95. The van der Waals surface area contributed by atoms with Crippen molar-refractivity contribution in [2.75, 3.05) is 5.32 Å². The number of amides is 1. The monoisotopic (exact) mass is 371 g/mol. The Bertz CT molecular complexity index is 877. The third kappa shape index (κ3) is 4.64. The van der Waals surface area contributed by atoms with E-state index in [2.05, 4.69) is 29.4 Å². The molecule has 3 rings (SSSR count). The minimum Gasteiger partial charge on any atom is -0.486 e. The van der Waals surface area contributed by atoms with Gasteiger partial charge in [0, 0.05) is 5.56 Å². The fourth-order valence-corrected chi connectivity index (χ4v) is 2.88. The zero-order chi connectivity index (χ0) is 18.5. The van der Waals surface area contributed by atoms with Gasteiger partial charge in [-0.3, -0.25) is 10.1 Å². The van der Waals surface area contributed by atoms with Crippen LogP contribution in [0.3, 0.4) is 0 Å². The third-order valence-electron chi connectivity index (χ3n) is 3.70. The zero-order valence-electron chi connectivity index (χ0n) is 14.4.